The van der Waals surface area contributed by atoms with Gasteiger partial charge in [0.2, 0.25) is 0 Å². The first-order chi connectivity index (χ1) is 2.27. The van der Waals surface area contributed by atoms with Gasteiger partial charge in [-0.2, -0.15) is 0 Å². The van der Waals surface area contributed by atoms with E-state index in [0.29, 0.717) is 2.63 Å². The van der Waals surface area contributed by atoms with Crippen molar-refractivity contribution in [1.82, 2.24) is 0 Å². The fourth-order valence-corrected chi connectivity index (χ4v) is 0. The van der Waals surface area contributed by atoms with E-state index >= 15 is 0 Å². The van der Waals surface area contributed by atoms with Crippen LogP contribution in [0.15, 0.2) is 0 Å². The van der Waals surface area contributed by atoms with Crippen molar-refractivity contribution < 1.29 is 0 Å². The van der Waals surface area contributed by atoms with Gasteiger partial charge in [-0.05, 0) is 0 Å². The van der Waals surface area contributed by atoms with E-state index in [4.69, 9.17) is 11.6 Å². The van der Waals surface area contributed by atoms with E-state index in [1.807, 2.05) is 0 Å². The zero-order valence-electron chi connectivity index (χ0n) is 3.66. The topological polar surface area (TPSA) is 0 Å². The molecule has 0 fully saturated rings. The summed E-state index contributed by atoms with van der Waals surface area (Å²) in [6, 6.07) is 0. The van der Waals surface area contributed by atoms with Crippen LogP contribution in [0.3, 0.4) is 0 Å². The van der Waals surface area contributed by atoms with Gasteiger partial charge in [0.25, 0.3) is 0 Å². The Balaban J connectivity index is 2.54. The number of halogens is 1. The molecular formula is C3H6ClNa. The van der Waals surface area contributed by atoms with Gasteiger partial charge in [-0.1, -0.05) is 0 Å². The molecule has 0 aromatic heterocycles. The standard InChI is InChI=1S/C3H6Cl.Na/c1-2-3-4;/h3H,2H2,1H3;. The summed E-state index contributed by atoms with van der Waals surface area (Å²) < 4.78 is 0.495. The Labute approximate surface area is 55.3 Å². The second kappa shape index (κ2) is 3.48. The molecule has 0 spiro atoms. The maximum absolute atomic E-state index is 5.52. The van der Waals surface area contributed by atoms with E-state index in [9.17, 15) is 0 Å². The van der Waals surface area contributed by atoms with Crippen LogP contribution in [-0.4, -0.2) is 30.6 Å². The van der Waals surface area contributed by atoms with E-state index in [0.717, 1.165) is 34.4 Å². The average Bonchev–Trinajstić information content (AvgIpc) is 1.38. The number of hydrogen-bond donors (Lipinski definition) is 0. The van der Waals surface area contributed by atoms with Crippen molar-refractivity contribution in [1.29, 1.82) is 0 Å². The first-order valence-corrected chi connectivity index (χ1v) is 3.50. The zero-order valence-corrected chi connectivity index (χ0v) is 6.42. The quantitative estimate of drug-likeness (QED) is 0.342. The molecule has 0 heterocycles. The number of hydrogen-bond acceptors (Lipinski definition) is 0. The van der Waals surface area contributed by atoms with Gasteiger partial charge >= 0.3 is 55.5 Å². The molecule has 26 valence electrons. The van der Waals surface area contributed by atoms with E-state index in [-0.39, 0.29) is 0 Å². The van der Waals surface area contributed by atoms with Crippen molar-refractivity contribution in [3.8, 4) is 0 Å². The fourth-order valence-electron chi connectivity index (χ4n) is 0. The molecule has 1 unspecified atom stereocenters. The van der Waals surface area contributed by atoms with Gasteiger partial charge in [-0.25, -0.2) is 0 Å². The first-order valence-electron chi connectivity index (χ1n) is 1.91. The van der Waals surface area contributed by atoms with Crippen molar-refractivity contribution in [2.45, 2.75) is 16.0 Å². The summed E-state index contributed by atoms with van der Waals surface area (Å²) in [6.07, 6.45) is 1.13. The third-order valence-electron chi connectivity index (χ3n) is 0.563. The molecule has 0 saturated heterocycles. The minimum absolute atomic E-state index is 0.495. The summed E-state index contributed by atoms with van der Waals surface area (Å²) in [7, 11) is 0. The average molecular weight is 101 g/mol. The fraction of sp³-hybridized carbons (Fsp3) is 1.00. The Hall–Kier alpha value is 1.29. The van der Waals surface area contributed by atoms with Crippen LogP contribution in [-0.2, 0) is 0 Å². The van der Waals surface area contributed by atoms with Crippen LogP contribution in [0.4, 0.5) is 0 Å². The molecule has 0 aliphatic heterocycles. The SMILES string of the molecule is CC[CH]([Na])Cl. The van der Waals surface area contributed by atoms with Crippen LogP contribution < -0.4 is 0 Å². The first kappa shape index (κ1) is 6.29. The van der Waals surface area contributed by atoms with Crippen LogP contribution in [0.25, 0.3) is 0 Å². The summed E-state index contributed by atoms with van der Waals surface area (Å²) >= 11 is 6.66. The number of rotatable bonds is 1. The van der Waals surface area contributed by atoms with E-state index in [1.54, 1.807) is 0 Å². The Morgan fingerprint density at radius 1 is 2.00 bits per heavy atom. The predicted octanol–water partition coefficient (Wildman–Crippen LogP) is 1.13. The minimum atomic E-state index is 0.495. The molecule has 0 bridgehead atoms. The van der Waals surface area contributed by atoms with Gasteiger partial charge in [0.1, 0.15) is 0 Å². The van der Waals surface area contributed by atoms with Crippen molar-refractivity contribution in [2.75, 3.05) is 0 Å². The molecule has 0 saturated carbocycles. The molecule has 0 aromatic rings. The Morgan fingerprint density at radius 2 is 2.20 bits per heavy atom. The molecule has 0 aromatic carbocycles. The molecule has 5 heavy (non-hydrogen) atoms. The molecule has 0 amide bonds. The van der Waals surface area contributed by atoms with Gasteiger partial charge in [-0.3, -0.25) is 0 Å². The van der Waals surface area contributed by atoms with Crippen LogP contribution >= 0.6 is 11.6 Å². The molecule has 0 rings (SSSR count). The van der Waals surface area contributed by atoms with E-state index < -0.39 is 0 Å². The van der Waals surface area contributed by atoms with E-state index in [2.05, 4.69) is 6.92 Å². The van der Waals surface area contributed by atoms with Crippen molar-refractivity contribution in [2.24, 2.45) is 0 Å². The van der Waals surface area contributed by atoms with Gasteiger partial charge in [0.05, 0.1) is 0 Å². The molecule has 2 heteroatoms. The Kier molecular flexibility index (Phi) is 4.38. The molecule has 0 aliphatic rings. The van der Waals surface area contributed by atoms with Gasteiger partial charge in [0, 0.05) is 0 Å². The third kappa shape index (κ3) is 5.29. The normalized spacial score (nSPS) is 15.2. The molecular weight excluding hydrogens is 94.5 g/mol. The summed E-state index contributed by atoms with van der Waals surface area (Å²) in [5, 5.41) is 0. The second-order valence-electron chi connectivity index (χ2n) is 1.19. The van der Waals surface area contributed by atoms with Crippen LogP contribution in [0.2, 0.25) is 0 Å². The van der Waals surface area contributed by atoms with Crippen LogP contribution in [0, 0.1) is 0 Å². The van der Waals surface area contributed by atoms with Crippen LogP contribution in [0.5, 0.6) is 0 Å². The molecule has 0 aliphatic carbocycles. The number of alkyl halides is 1. The van der Waals surface area contributed by atoms with Gasteiger partial charge in [-0.15, -0.1) is 0 Å². The summed E-state index contributed by atoms with van der Waals surface area (Å²) in [5.74, 6) is 0. The Morgan fingerprint density at radius 3 is 2.20 bits per heavy atom. The van der Waals surface area contributed by atoms with Gasteiger partial charge in [0.15, 0.2) is 0 Å². The molecule has 0 nitrogen and oxygen atoms in total. The zero-order chi connectivity index (χ0) is 4.28. The monoisotopic (exact) mass is 100 g/mol. The molecule has 0 N–H and O–H groups in total. The summed E-state index contributed by atoms with van der Waals surface area (Å²) in [6.45, 7) is 2.10. The summed E-state index contributed by atoms with van der Waals surface area (Å²) in [4.78, 5) is 0. The maximum atomic E-state index is 5.52. The second-order valence-corrected chi connectivity index (χ2v) is 4.06. The molecule has 0 radical (unpaired) electrons. The van der Waals surface area contributed by atoms with Crippen molar-refractivity contribution in [3.05, 3.63) is 0 Å². The van der Waals surface area contributed by atoms with Crippen LogP contribution in [0.1, 0.15) is 13.3 Å². The van der Waals surface area contributed by atoms with Crippen molar-refractivity contribution in [3.63, 3.8) is 0 Å². The molecule has 1 atom stereocenters. The van der Waals surface area contributed by atoms with Crippen molar-refractivity contribution >= 4 is 39.5 Å². The Bertz CT molecular complexity index is 20.9. The third-order valence-corrected chi connectivity index (χ3v) is 1.69. The summed E-state index contributed by atoms with van der Waals surface area (Å²) in [5.41, 5.74) is 0. The van der Waals surface area contributed by atoms with Gasteiger partial charge < -0.3 is 0 Å². The van der Waals surface area contributed by atoms with E-state index in [1.165, 1.54) is 0 Å². The predicted molar refractivity (Wildman–Crippen MR) is 25.7 cm³/mol.